The fraction of sp³-hybridized carbons (Fsp3) is 0.556. The maximum Gasteiger partial charge on any atom is 0.219 e. The Bertz CT molecular complexity index is 735. The number of carbonyl (C=O) groups is 1. The first-order chi connectivity index (χ1) is 11.5. The Morgan fingerprint density at radius 1 is 1.38 bits per heavy atom. The fourth-order valence-electron chi connectivity index (χ4n) is 3.50. The van der Waals surface area contributed by atoms with Gasteiger partial charge in [0.15, 0.2) is 0 Å². The predicted octanol–water partition coefficient (Wildman–Crippen LogP) is 4.02. The summed E-state index contributed by atoms with van der Waals surface area (Å²) in [5, 5.41) is 5.88. The molecule has 2 aromatic rings. The van der Waals surface area contributed by atoms with Crippen LogP contribution in [0.3, 0.4) is 0 Å². The predicted molar refractivity (Wildman–Crippen MR) is 98.3 cm³/mol. The molecule has 6 heteroatoms. The average Bonchev–Trinajstić information content (AvgIpc) is 2.97. The second kappa shape index (κ2) is 7.13. The van der Waals surface area contributed by atoms with Gasteiger partial charge in [0.2, 0.25) is 5.91 Å². The van der Waals surface area contributed by atoms with Crippen molar-refractivity contribution in [3.8, 4) is 5.75 Å². The highest BCUT2D eigenvalue weighted by atomic mass is 79.9. The average molecular weight is 394 g/mol. The van der Waals surface area contributed by atoms with Crippen LogP contribution in [0.1, 0.15) is 38.6 Å². The number of amides is 1. The second-order valence-corrected chi connectivity index (χ2v) is 7.58. The summed E-state index contributed by atoms with van der Waals surface area (Å²) in [6, 6.07) is 4.48. The molecule has 1 amide bonds. The lowest BCUT2D eigenvalue weighted by Crippen LogP contribution is -2.32. The molecule has 1 aliphatic rings. The van der Waals surface area contributed by atoms with Crippen LogP contribution in [0.4, 0.5) is 0 Å². The Morgan fingerprint density at radius 2 is 2.08 bits per heavy atom. The van der Waals surface area contributed by atoms with Gasteiger partial charge in [0.25, 0.3) is 0 Å². The summed E-state index contributed by atoms with van der Waals surface area (Å²) in [5.74, 6) is 1.56. The molecule has 1 fully saturated rings. The third-order valence-electron chi connectivity index (χ3n) is 5.06. The number of methoxy groups -OCH3 is 1. The Hall–Kier alpha value is -1.56. The molecule has 0 atom stereocenters. The maximum atomic E-state index is 11.4. The quantitative estimate of drug-likeness (QED) is 0.787. The van der Waals surface area contributed by atoms with Crippen molar-refractivity contribution in [1.82, 2.24) is 14.7 Å². The number of fused-ring (bicyclic) bond motifs is 1. The van der Waals surface area contributed by atoms with Crippen molar-refractivity contribution in [3.63, 3.8) is 0 Å². The standard InChI is InChI=1S/C18H24BrN3O2/c1-12(23)21(2)10-13-4-6-15(7-5-13)22-11-14-8-16(19)18(24-3)9-17(14)20-22/h8-9,11,13,15H,4-7,10H2,1-3H3. The van der Waals surface area contributed by atoms with E-state index in [0.717, 1.165) is 53.4 Å². The Labute approximate surface area is 151 Å². The highest BCUT2D eigenvalue weighted by Gasteiger charge is 2.24. The zero-order valence-corrected chi connectivity index (χ0v) is 16.0. The molecule has 3 rings (SSSR count). The SMILES string of the molecule is COc1cc2nn(C3CCC(CN(C)C(C)=O)CC3)cc2cc1Br. The van der Waals surface area contributed by atoms with Gasteiger partial charge in [-0.2, -0.15) is 5.10 Å². The topological polar surface area (TPSA) is 47.4 Å². The molecule has 0 radical (unpaired) electrons. The van der Waals surface area contributed by atoms with E-state index in [1.54, 1.807) is 14.0 Å². The maximum absolute atomic E-state index is 11.4. The third-order valence-corrected chi connectivity index (χ3v) is 5.68. The molecule has 1 aromatic carbocycles. The number of aromatic nitrogens is 2. The van der Waals surface area contributed by atoms with Crippen LogP contribution < -0.4 is 4.74 Å². The van der Waals surface area contributed by atoms with Crippen LogP contribution in [-0.4, -0.2) is 41.3 Å². The van der Waals surface area contributed by atoms with Crippen molar-refractivity contribution >= 4 is 32.7 Å². The molecule has 0 unspecified atom stereocenters. The van der Waals surface area contributed by atoms with Gasteiger partial charge in [-0.15, -0.1) is 0 Å². The number of carbonyl (C=O) groups excluding carboxylic acids is 1. The van der Waals surface area contributed by atoms with E-state index in [9.17, 15) is 4.79 Å². The lowest BCUT2D eigenvalue weighted by atomic mass is 9.86. The molecule has 0 saturated heterocycles. The summed E-state index contributed by atoms with van der Waals surface area (Å²) < 4.78 is 8.41. The summed E-state index contributed by atoms with van der Waals surface area (Å²) >= 11 is 3.53. The third kappa shape index (κ3) is 3.58. The summed E-state index contributed by atoms with van der Waals surface area (Å²) in [5.41, 5.74) is 0.966. The van der Waals surface area contributed by atoms with Crippen molar-refractivity contribution in [3.05, 3.63) is 22.8 Å². The molecule has 1 aliphatic carbocycles. The molecule has 24 heavy (non-hydrogen) atoms. The first kappa shape index (κ1) is 17.3. The molecule has 0 N–H and O–H groups in total. The molecule has 1 aromatic heterocycles. The number of hydrogen-bond acceptors (Lipinski definition) is 3. The van der Waals surface area contributed by atoms with Gasteiger partial charge in [-0.1, -0.05) is 0 Å². The fourth-order valence-corrected chi connectivity index (χ4v) is 4.02. The zero-order chi connectivity index (χ0) is 17.3. The van der Waals surface area contributed by atoms with E-state index in [1.165, 1.54) is 0 Å². The lowest BCUT2D eigenvalue weighted by Gasteiger charge is -2.31. The van der Waals surface area contributed by atoms with Gasteiger partial charge in [-0.25, -0.2) is 0 Å². The molecule has 1 heterocycles. The van der Waals surface area contributed by atoms with Crippen LogP contribution in [0.25, 0.3) is 10.9 Å². The summed E-state index contributed by atoms with van der Waals surface area (Å²) in [4.78, 5) is 13.2. The number of nitrogens with zero attached hydrogens (tertiary/aromatic N) is 3. The van der Waals surface area contributed by atoms with Crippen LogP contribution in [0, 0.1) is 5.92 Å². The first-order valence-corrected chi connectivity index (χ1v) is 9.21. The smallest absolute Gasteiger partial charge is 0.219 e. The van der Waals surface area contributed by atoms with E-state index in [0.29, 0.717) is 12.0 Å². The van der Waals surface area contributed by atoms with E-state index in [4.69, 9.17) is 9.84 Å². The lowest BCUT2D eigenvalue weighted by molar-refractivity contribution is -0.128. The van der Waals surface area contributed by atoms with Crippen molar-refractivity contribution in [2.24, 2.45) is 5.92 Å². The van der Waals surface area contributed by atoms with E-state index < -0.39 is 0 Å². The Morgan fingerprint density at radius 3 is 2.71 bits per heavy atom. The van der Waals surface area contributed by atoms with E-state index in [-0.39, 0.29) is 5.91 Å². The van der Waals surface area contributed by atoms with Crippen molar-refractivity contribution in [1.29, 1.82) is 0 Å². The van der Waals surface area contributed by atoms with E-state index >= 15 is 0 Å². The molecular weight excluding hydrogens is 370 g/mol. The van der Waals surface area contributed by atoms with Crippen LogP contribution in [0.2, 0.25) is 0 Å². The molecule has 0 spiro atoms. The highest BCUT2D eigenvalue weighted by molar-refractivity contribution is 9.10. The van der Waals surface area contributed by atoms with Crippen molar-refractivity contribution in [2.75, 3.05) is 20.7 Å². The van der Waals surface area contributed by atoms with Crippen LogP contribution in [0.15, 0.2) is 22.8 Å². The highest BCUT2D eigenvalue weighted by Crippen LogP contribution is 2.35. The normalized spacial score (nSPS) is 21.0. The van der Waals surface area contributed by atoms with Crippen LogP contribution in [-0.2, 0) is 4.79 Å². The van der Waals surface area contributed by atoms with Gasteiger partial charge in [-0.05, 0) is 53.6 Å². The number of hydrogen-bond donors (Lipinski definition) is 0. The summed E-state index contributed by atoms with van der Waals surface area (Å²) in [6.07, 6.45) is 6.65. The van der Waals surface area contributed by atoms with Gasteiger partial charge >= 0.3 is 0 Å². The summed E-state index contributed by atoms with van der Waals surface area (Å²) in [7, 11) is 3.56. The largest absolute Gasteiger partial charge is 0.495 e. The molecule has 0 bridgehead atoms. The molecule has 1 saturated carbocycles. The minimum Gasteiger partial charge on any atom is -0.495 e. The minimum absolute atomic E-state index is 0.148. The van der Waals surface area contributed by atoms with Gasteiger partial charge in [0.05, 0.1) is 23.1 Å². The Kier molecular flexibility index (Phi) is 5.13. The van der Waals surface area contributed by atoms with Gasteiger partial charge in [-0.3, -0.25) is 9.48 Å². The minimum atomic E-state index is 0.148. The van der Waals surface area contributed by atoms with Crippen LogP contribution >= 0.6 is 15.9 Å². The molecular formula is C18H24BrN3O2. The zero-order valence-electron chi connectivity index (χ0n) is 14.5. The van der Waals surface area contributed by atoms with E-state index in [1.807, 2.05) is 18.0 Å². The molecule has 130 valence electrons. The van der Waals surface area contributed by atoms with Gasteiger partial charge in [0.1, 0.15) is 5.75 Å². The summed E-state index contributed by atoms with van der Waals surface area (Å²) in [6.45, 7) is 2.50. The number of benzene rings is 1. The second-order valence-electron chi connectivity index (χ2n) is 6.73. The van der Waals surface area contributed by atoms with Crippen molar-refractivity contribution in [2.45, 2.75) is 38.6 Å². The van der Waals surface area contributed by atoms with Crippen molar-refractivity contribution < 1.29 is 9.53 Å². The first-order valence-electron chi connectivity index (χ1n) is 8.42. The van der Waals surface area contributed by atoms with Gasteiger partial charge in [0, 0.05) is 38.2 Å². The van der Waals surface area contributed by atoms with E-state index in [2.05, 4.69) is 32.9 Å². The molecule has 0 aliphatic heterocycles. The van der Waals surface area contributed by atoms with Gasteiger partial charge < -0.3 is 9.64 Å². The monoisotopic (exact) mass is 393 g/mol. The number of ether oxygens (including phenoxy) is 1. The number of halogens is 1. The Balaban J connectivity index is 1.68. The van der Waals surface area contributed by atoms with Crippen LogP contribution in [0.5, 0.6) is 5.75 Å². The molecule has 5 nitrogen and oxygen atoms in total. The number of rotatable bonds is 4.